The number of amides is 2. The van der Waals surface area contributed by atoms with Gasteiger partial charge in [0.2, 0.25) is 5.91 Å². The van der Waals surface area contributed by atoms with Crippen LogP contribution in [0.15, 0.2) is 18.2 Å². The first-order valence-corrected chi connectivity index (χ1v) is 8.25. The number of hydrogen-bond acceptors (Lipinski definition) is 5. The molecule has 0 aromatic heterocycles. The summed E-state index contributed by atoms with van der Waals surface area (Å²) in [5, 5.41) is 2.84. The summed E-state index contributed by atoms with van der Waals surface area (Å²) in [6, 6.07) is 5.31. The number of fused-ring (bicyclic) bond motifs is 1. The van der Waals surface area contributed by atoms with Gasteiger partial charge in [-0.15, -0.1) is 0 Å². The molecule has 130 valence electrons. The fraction of sp³-hybridized carbons (Fsp3) is 0.529. The molecule has 1 fully saturated rings. The summed E-state index contributed by atoms with van der Waals surface area (Å²) in [4.78, 5) is 25.9. The van der Waals surface area contributed by atoms with E-state index in [2.05, 4.69) is 5.32 Å². The van der Waals surface area contributed by atoms with Crippen LogP contribution >= 0.6 is 0 Å². The van der Waals surface area contributed by atoms with E-state index < -0.39 is 0 Å². The van der Waals surface area contributed by atoms with Crippen LogP contribution in [0.25, 0.3) is 0 Å². The van der Waals surface area contributed by atoms with E-state index in [4.69, 9.17) is 15.2 Å². The molecule has 2 heterocycles. The molecule has 7 nitrogen and oxygen atoms in total. The van der Waals surface area contributed by atoms with Crippen LogP contribution < -0.4 is 20.7 Å². The molecule has 1 saturated heterocycles. The zero-order valence-electron chi connectivity index (χ0n) is 13.8. The number of nitrogens with one attached hydrogen (secondary N) is 1. The van der Waals surface area contributed by atoms with Crippen LogP contribution in [0.1, 0.15) is 31.4 Å². The van der Waals surface area contributed by atoms with Crippen LogP contribution in [0.4, 0.5) is 5.69 Å². The van der Waals surface area contributed by atoms with E-state index >= 15 is 0 Å². The molecule has 0 aliphatic carbocycles. The maximum absolute atomic E-state index is 12.2. The molecular formula is C17H23N3O4. The molecule has 24 heavy (non-hydrogen) atoms. The summed E-state index contributed by atoms with van der Waals surface area (Å²) in [6.45, 7) is 2.99. The minimum absolute atomic E-state index is 0.0374. The van der Waals surface area contributed by atoms with Gasteiger partial charge in [-0.1, -0.05) is 6.07 Å². The Balaban J connectivity index is 1.69. The Morgan fingerprint density at radius 2 is 2.33 bits per heavy atom. The molecule has 0 bridgehead atoms. The normalized spacial score (nSPS) is 21.2. The van der Waals surface area contributed by atoms with Gasteiger partial charge >= 0.3 is 0 Å². The van der Waals surface area contributed by atoms with Crippen molar-refractivity contribution in [3.05, 3.63) is 23.8 Å². The monoisotopic (exact) mass is 333 g/mol. The number of hydrogen-bond donors (Lipinski definition) is 2. The van der Waals surface area contributed by atoms with E-state index in [0.29, 0.717) is 18.0 Å². The smallest absolute Gasteiger partial charge is 0.265 e. The van der Waals surface area contributed by atoms with E-state index in [9.17, 15) is 9.59 Å². The minimum atomic E-state index is -0.239. The van der Waals surface area contributed by atoms with Crippen molar-refractivity contribution in [1.82, 2.24) is 5.32 Å². The molecule has 2 amide bonds. The van der Waals surface area contributed by atoms with Crippen LogP contribution in [0, 0.1) is 0 Å². The van der Waals surface area contributed by atoms with Gasteiger partial charge in [-0.3, -0.25) is 14.5 Å². The number of nitrogens with zero attached hydrogens (tertiary/aromatic N) is 1. The predicted molar refractivity (Wildman–Crippen MR) is 88.9 cm³/mol. The summed E-state index contributed by atoms with van der Waals surface area (Å²) >= 11 is 0. The summed E-state index contributed by atoms with van der Waals surface area (Å²) in [7, 11) is 0. The van der Waals surface area contributed by atoms with E-state index in [0.717, 1.165) is 25.0 Å². The number of carbonyl (C=O) groups is 2. The summed E-state index contributed by atoms with van der Waals surface area (Å²) in [6.07, 6.45) is 2.05. The SMILES string of the molecule is CC(N)c1ccc2c(c1)N(CC(=O)NCC1CCCO1)C(=O)CO2. The molecule has 2 aliphatic rings. The second-order valence-corrected chi connectivity index (χ2v) is 6.22. The molecule has 7 heteroatoms. The molecule has 1 aromatic carbocycles. The van der Waals surface area contributed by atoms with Crippen molar-refractivity contribution in [2.45, 2.75) is 31.9 Å². The lowest BCUT2D eigenvalue weighted by atomic mass is 10.1. The molecule has 2 atom stereocenters. The highest BCUT2D eigenvalue weighted by Gasteiger charge is 2.28. The van der Waals surface area contributed by atoms with E-state index in [1.54, 1.807) is 6.07 Å². The first kappa shape index (κ1) is 16.7. The molecule has 1 aromatic rings. The highest BCUT2D eigenvalue weighted by atomic mass is 16.5. The Hall–Kier alpha value is -2.12. The molecule has 3 N–H and O–H groups in total. The largest absolute Gasteiger partial charge is 0.482 e. The van der Waals surface area contributed by atoms with Crippen molar-refractivity contribution in [1.29, 1.82) is 0 Å². The van der Waals surface area contributed by atoms with Gasteiger partial charge in [0, 0.05) is 19.2 Å². The fourth-order valence-electron chi connectivity index (χ4n) is 2.91. The topological polar surface area (TPSA) is 93.9 Å². The van der Waals surface area contributed by atoms with Crippen molar-refractivity contribution in [3.63, 3.8) is 0 Å². The number of rotatable bonds is 5. The number of nitrogens with two attached hydrogens (primary N) is 1. The van der Waals surface area contributed by atoms with Crippen LogP contribution in [-0.4, -0.2) is 44.2 Å². The van der Waals surface area contributed by atoms with Gasteiger partial charge in [-0.05, 0) is 37.5 Å². The van der Waals surface area contributed by atoms with Crippen LogP contribution in [0.3, 0.4) is 0 Å². The molecular weight excluding hydrogens is 310 g/mol. The highest BCUT2D eigenvalue weighted by molar-refractivity contribution is 6.02. The first-order valence-electron chi connectivity index (χ1n) is 8.25. The van der Waals surface area contributed by atoms with Crippen molar-refractivity contribution in [3.8, 4) is 5.75 Å². The van der Waals surface area contributed by atoms with Crippen molar-refractivity contribution in [2.75, 3.05) is 31.2 Å². The van der Waals surface area contributed by atoms with Crippen LogP contribution in [-0.2, 0) is 14.3 Å². The van der Waals surface area contributed by atoms with Gasteiger partial charge in [-0.2, -0.15) is 0 Å². The molecule has 0 saturated carbocycles. The zero-order valence-corrected chi connectivity index (χ0v) is 13.8. The third-order valence-corrected chi connectivity index (χ3v) is 4.30. The van der Waals surface area contributed by atoms with Crippen LogP contribution in [0.2, 0.25) is 0 Å². The standard InChI is InChI=1S/C17H23N3O4/c1-11(18)12-4-5-15-14(7-12)20(17(22)10-24-15)9-16(21)19-8-13-3-2-6-23-13/h4-5,7,11,13H,2-3,6,8-10,18H2,1H3,(H,19,21). The quantitative estimate of drug-likeness (QED) is 0.828. The fourth-order valence-corrected chi connectivity index (χ4v) is 2.91. The van der Waals surface area contributed by atoms with E-state index in [1.165, 1.54) is 4.90 Å². The second kappa shape index (κ2) is 7.19. The molecule has 2 unspecified atom stereocenters. The van der Waals surface area contributed by atoms with E-state index in [1.807, 2.05) is 19.1 Å². The maximum atomic E-state index is 12.2. The number of benzene rings is 1. The van der Waals surface area contributed by atoms with Crippen molar-refractivity contribution < 1.29 is 19.1 Å². The van der Waals surface area contributed by atoms with Gasteiger partial charge < -0.3 is 20.5 Å². The molecule has 2 aliphatic heterocycles. The average molecular weight is 333 g/mol. The number of carbonyl (C=O) groups excluding carboxylic acids is 2. The minimum Gasteiger partial charge on any atom is -0.482 e. The summed E-state index contributed by atoms with van der Waals surface area (Å²) in [5.41, 5.74) is 7.39. The average Bonchev–Trinajstić information content (AvgIpc) is 3.08. The van der Waals surface area contributed by atoms with Gasteiger partial charge in [-0.25, -0.2) is 0 Å². The predicted octanol–water partition coefficient (Wildman–Crippen LogP) is 0.727. The lowest BCUT2D eigenvalue weighted by Gasteiger charge is -2.29. The zero-order chi connectivity index (χ0) is 17.1. The maximum Gasteiger partial charge on any atom is 0.265 e. The van der Waals surface area contributed by atoms with Crippen LogP contribution in [0.5, 0.6) is 5.75 Å². The lowest BCUT2D eigenvalue weighted by Crippen LogP contribution is -2.46. The molecule has 0 radical (unpaired) electrons. The van der Waals surface area contributed by atoms with Gasteiger partial charge in [0.1, 0.15) is 12.3 Å². The summed E-state index contributed by atoms with van der Waals surface area (Å²) in [5.74, 6) is 0.139. The third kappa shape index (κ3) is 3.68. The van der Waals surface area contributed by atoms with Crippen molar-refractivity contribution in [2.24, 2.45) is 5.73 Å². The Morgan fingerprint density at radius 3 is 3.04 bits per heavy atom. The number of ether oxygens (including phenoxy) is 2. The second-order valence-electron chi connectivity index (χ2n) is 6.22. The molecule has 3 rings (SSSR count). The van der Waals surface area contributed by atoms with Gasteiger partial charge in [0.25, 0.3) is 5.91 Å². The molecule has 0 spiro atoms. The van der Waals surface area contributed by atoms with E-state index in [-0.39, 0.29) is 37.1 Å². The Kier molecular flexibility index (Phi) is 5.01. The summed E-state index contributed by atoms with van der Waals surface area (Å²) < 4.78 is 10.9. The third-order valence-electron chi connectivity index (χ3n) is 4.30. The Bertz CT molecular complexity index is 626. The lowest BCUT2D eigenvalue weighted by molar-refractivity contribution is -0.125. The van der Waals surface area contributed by atoms with Crippen molar-refractivity contribution >= 4 is 17.5 Å². The van der Waals surface area contributed by atoms with Gasteiger partial charge in [0.15, 0.2) is 6.61 Å². The number of anilines is 1. The highest BCUT2D eigenvalue weighted by Crippen LogP contribution is 2.34. The Morgan fingerprint density at radius 1 is 1.50 bits per heavy atom. The van der Waals surface area contributed by atoms with Gasteiger partial charge in [0.05, 0.1) is 11.8 Å². The first-order chi connectivity index (χ1) is 11.5. The Labute approximate surface area is 141 Å².